The highest BCUT2D eigenvalue weighted by atomic mass is 19.2. The van der Waals surface area contributed by atoms with Crippen molar-refractivity contribution < 1.29 is 35.1 Å². The Morgan fingerprint density at radius 2 is 1.21 bits per heavy atom. The van der Waals surface area contributed by atoms with Crippen LogP contribution in [0.1, 0.15) is 0 Å². The second-order valence-electron chi connectivity index (χ2n) is 6.07. The number of hydrogen-bond donors (Lipinski definition) is 0. The van der Waals surface area contributed by atoms with Gasteiger partial charge in [-0.3, -0.25) is 0 Å². The fraction of sp³-hybridized carbons (Fsp3) is 0. The molecule has 0 bridgehead atoms. The van der Waals surface area contributed by atoms with Crippen LogP contribution in [-0.4, -0.2) is 4.57 Å². The van der Waals surface area contributed by atoms with E-state index in [9.17, 15) is 35.1 Å². The van der Waals surface area contributed by atoms with E-state index in [-0.39, 0.29) is 11.6 Å². The fourth-order valence-corrected chi connectivity index (χ4v) is 3.10. The van der Waals surface area contributed by atoms with Crippen LogP contribution < -0.4 is 0 Å². The maximum Gasteiger partial charge on any atom is 0.198 e. The summed E-state index contributed by atoms with van der Waals surface area (Å²) in [7, 11) is 0. The summed E-state index contributed by atoms with van der Waals surface area (Å²) in [4.78, 5) is 0. The molecule has 0 radical (unpaired) electrons. The van der Waals surface area contributed by atoms with Crippen molar-refractivity contribution in [1.29, 1.82) is 0 Å². The minimum Gasteiger partial charge on any atom is -0.311 e. The maximum atomic E-state index is 14.7. The number of fused-ring (bicyclic) bond motifs is 1. The zero-order valence-corrected chi connectivity index (χ0v) is 14.0. The number of benzene rings is 3. The van der Waals surface area contributed by atoms with E-state index in [2.05, 4.69) is 0 Å². The topological polar surface area (TPSA) is 4.93 Å². The molecule has 1 aromatic heterocycles. The lowest BCUT2D eigenvalue weighted by Gasteiger charge is -2.15. The third-order valence-electron chi connectivity index (χ3n) is 4.45. The average Bonchev–Trinajstić information content (AvgIpc) is 3.13. The van der Waals surface area contributed by atoms with Crippen LogP contribution in [0.3, 0.4) is 0 Å². The van der Waals surface area contributed by atoms with Gasteiger partial charge in [0.15, 0.2) is 46.5 Å². The molecule has 0 spiro atoms. The normalized spacial score (nSPS) is 11.4. The Kier molecular flexibility index (Phi) is 4.33. The lowest BCUT2D eigenvalue weighted by Crippen LogP contribution is -2.10. The molecule has 0 saturated carbocycles. The van der Waals surface area contributed by atoms with E-state index in [0.717, 1.165) is 10.8 Å². The zero-order chi connectivity index (χ0) is 21.0. The van der Waals surface area contributed by atoms with Crippen molar-refractivity contribution in [3.05, 3.63) is 89.1 Å². The first-order valence-electron chi connectivity index (χ1n) is 7.99. The summed E-state index contributed by atoms with van der Waals surface area (Å²) in [5, 5.41) is 0.505. The van der Waals surface area contributed by atoms with E-state index in [4.69, 9.17) is 0 Å². The van der Waals surface area contributed by atoms with Gasteiger partial charge in [0.2, 0.25) is 0 Å². The van der Waals surface area contributed by atoms with Gasteiger partial charge in [-0.15, -0.1) is 0 Å². The highest BCUT2D eigenvalue weighted by molar-refractivity contribution is 5.82. The minimum atomic E-state index is -2.37. The summed E-state index contributed by atoms with van der Waals surface area (Å²) in [6.07, 6.45) is 1.16. The molecular formula is C20H7F8N. The number of aromatic nitrogens is 1. The van der Waals surface area contributed by atoms with Crippen molar-refractivity contribution in [1.82, 2.24) is 4.57 Å². The van der Waals surface area contributed by atoms with Crippen molar-refractivity contribution >= 4 is 10.9 Å². The van der Waals surface area contributed by atoms with E-state index >= 15 is 0 Å². The Labute approximate surface area is 157 Å². The summed E-state index contributed by atoms with van der Waals surface area (Å²) >= 11 is 0. The third-order valence-corrected chi connectivity index (χ3v) is 4.45. The number of para-hydroxylation sites is 1. The number of hydrogen-bond acceptors (Lipinski definition) is 0. The van der Waals surface area contributed by atoms with Crippen LogP contribution in [0.15, 0.2) is 42.6 Å². The summed E-state index contributed by atoms with van der Waals surface area (Å²) in [5.41, 5.74) is -4.14. The predicted molar refractivity (Wildman–Crippen MR) is 88.4 cm³/mol. The minimum absolute atomic E-state index is 0.0845. The van der Waals surface area contributed by atoms with Crippen LogP contribution in [0.4, 0.5) is 35.1 Å². The number of rotatable bonds is 2. The maximum absolute atomic E-state index is 14.7. The number of halogens is 8. The lowest BCUT2D eigenvalue weighted by atomic mass is 10.0. The van der Waals surface area contributed by atoms with E-state index in [1.54, 1.807) is 12.1 Å². The molecular weight excluding hydrogens is 406 g/mol. The van der Waals surface area contributed by atoms with Crippen LogP contribution >= 0.6 is 0 Å². The van der Waals surface area contributed by atoms with Crippen molar-refractivity contribution in [3.8, 4) is 16.8 Å². The van der Waals surface area contributed by atoms with E-state index in [1.807, 2.05) is 0 Å². The Bertz CT molecular complexity index is 1260. The van der Waals surface area contributed by atoms with Crippen LogP contribution in [0, 0.1) is 46.5 Å². The molecule has 0 N–H and O–H groups in total. The zero-order valence-electron chi connectivity index (χ0n) is 14.0. The molecule has 0 aliphatic carbocycles. The third kappa shape index (κ3) is 2.68. The summed E-state index contributed by atoms with van der Waals surface area (Å²) in [5.74, 6) is -16.8. The second-order valence-corrected chi connectivity index (χ2v) is 6.07. The van der Waals surface area contributed by atoms with Crippen molar-refractivity contribution in [2.24, 2.45) is 0 Å². The van der Waals surface area contributed by atoms with Gasteiger partial charge in [-0.1, -0.05) is 18.2 Å². The van der Waals surface area contributed by atoms with Gasteiger partial charge in [0.1, 0.15) is 5.69 Å². The molecule has 1 nitrogen and oxygen atoms in total. The highest BCUT2D eigenvalue weighted by Gasteiger charge is 2.31. The van der Waals surface area contributed by atoms with Crippen molar-refractivity contribution in [3.63, 3.8) is 0 Å². The summed E-state index contributed by atoms with van der Waals surface area (Å²) in [6, 6.07) is 7.52. The molecule has 4 rings (SSSR count). The molecule has 148 valence electrons. The lowest BCUT2D eigenvalue weighted by molar-refractivity contribution is 0.408. The monoisotopic (exact) mass is 413 g/mol. The second kappa shape index (κ2) is 6.61. The molecule has 0 aliphatic rings. The molecule has 4 aromatic rings. The Balaban J connectivity index is 2.05. The Morgan fingerprint density at radius 3 is 1.86 bits per heavy atom. The largest absolute Gasteiger partial charge is 0.311 e. The molecule has 0 aliphatic heterocycles. The molecule has 0 unspecified atom stereocenters. The number of nitrogens with zero attached hydrogens (tertiary/aromatic N) is 1. The predicted octanol–water partition coefficient (Wildman–Crippen LogP) is 6.41. The molecule has 0 atom stereocenters. The van der Waals surface area contributed by atoms with Gasteiger partial charge in [-0.25, -0.2) is 35.1 Å². The van der Waals surface area contributed by atoms with E-state index in [1.165, 1.54) is 18.2 Å². The quantitative estimate of drug-likeness (QED) is 0.203. The van der Waals surface area contributed by atoms with Gasteiger partial charge < -0.3 is 4.57 Å². The summed E-state index contributed by atoms with van der Waals surface area (Å²) in [6.45, 7) is 0. The van der Waals surface area contributed by atoms with Crippen LogP contribution in [0.25, 0.3) is 27.7 Å². The molecule has 0 fully saturated rings. The first-order chi connectivity index (χ1) is 13.7. The van der Waals surface area contributed by atoms with Crippen LogP contribution in [0.5, 0.6) is 0 Å². The van der Waals surface area contributed by atoms with Gasteiger partial charge in [0.05, 0.1) is 11.1 Å². The molecule has 0 saturated heterocycles. The van der Waals surface area contributed by atoms with E-state index in [0.29, 0.717) is 5.39 Å². The van der Waals surface area contributed by atoms with Gasteiger partial charge in [-0.2, -0.15) is 0 Å². The first-order valence-corrected chi connectivity index (χ1v) is 7.99. The highest BCUT2D eigenvalue weighted by Crippen LogP contribution is 2.37. The molecule has 29 heavy (non-hydrogen) atoms. The molecule has 3 aromatic carbocycles. The van der Waals surface area contributed by atoms with E-state index < -0.39 is 63.4 Å². The fourth-order valence-electron chi connectivity index (χ4n) is 3.10. The Morgan fingerprint density at radius 1 is 0.586 bits per heavy atom. The molecule has 1 heterocycles. The van der Waals surface area contributed by atoms with Crippen LogP contribution in [-0.2, 0) is 0 Å². The van der Waals surface area contributed by atoms with Gasteiger partial charge in [0, 0.05) is 11.8 Å². The van der Waals surface area contributed by atoms with Gasteiger partial charge in [-0.05, 0) is 23.6 Å². The summed E-state index contributed by atoms with van der Waals surface area (Å²) < 4.78 is 113. The first kappa shape index (κ1) is 19.0. The SMILES string of the molecule is Fc1cc(-c2c(F)c(F)c(-n3ccc4ccccc43)c(F)c2F)c(F)c(F)c1F. The van der Waals surface area contributed by atoms with Crippen molar-refractivity contribution in [2.75, 3.05) is 0 Å². The average molecular weight is 413 g/mol. The van der Waals surface area contributed by atoms with Gasteiger partial charge in [0.25, 0.3) is 0 Å². The standard InChI is InChI=1S/C20H7F8N/c21-10-7-9(13(22)17(26)14(10)23)12-15(24)18(27)20(19(28)16(12)25)29-6-5-8-3-1-2-4-11(8)29/h1-7H. The molecule has 9 heteroatoms. The Hall–Kier alpha value is -3.36. The van der Waals surface area contributed by atoms with Crippen molar-refractivity contribution in [2.45, 2.75) is 0 Å². The smallest absolute Gasteiger partial charge is 0.198 e. The molecule has 0 amide bonds. The van der Waals surface area contributed by atoms with Crippen LogP contribution in [0.2, 0.25) is 0 Å². The van der Waals surface area contributed by atoms with Gasteiger partial charge >= 0.3 is 0 Å².